The number of nitrogens with one attached hydrogen (secondary N) is 2. The lowest BCUT2D eigenvalue weighted by atomic mass is 10.1. The molecule has 0 aliphatic carbocycles. The third kappa shape index (κ3) is 4.65. The molecule has 30 heavy (non-hydrogen) atoms. The van der Waals surface area contributed by atoms with Gasteiger partial charge in [-0.3, -0.25) is 0 Å². The number of nitrogens with zero attached hydrogens (tertiary/aromatic N) is 2. The number of halogens is 1. The first-order chi connectivity index (χ1) is 14.6. The van der Waals surface area contributed by atoms with Crippen molar-refractivity contribution >= 4 is 28.5 Å². The number of carbonyl (C=O) groups excluding carboxylic acids is 1. The quantitative estimate of drug-likeness (QED) is 0.598. The highest BCUT2D eigenvalue weighted by Crippen LogP contribution is 2.27. The normalized spacial score (nSPS) is 14.5. The number of benzene rings is 2. The molecule has 0 atom stereocenters. The summed E-state index contributed by atoms with van der Waals surface area (Å²) in [5.41, 5.74) is 1.15. The zero-order chi connectivity index (χ0) is 20.9. The predicted molar refractivity (Wildman–Crippen MR) is 112 cm³/mol. The Morgan fingerprint density at radius 2 is 2.10 bits per heavy atom. The molecule has 2 aromatic carbocycles. The van der Waals surface area contributed by atoms with Gasteiger partial charge < -0.3 is 20.1 Å². The minimum Gasteiger partial charge on any atom is -0.488 e. The first-order valence-electron chi connectivity index (χ1n) is 10.0. The Morgan fingerprint density at radius 1 is 1.27 bits per heavy atom. The van der Waals surface area contributed by atoms with Gasteiger partial charge in [-0.15, -0.1) is 0 Å². The fourth-order valence-electron chi connectivity index (χ4n) is 3.40. The van der Waals surface area contributed by atoms with Crippen molar-refractivity contribution < 1.29 is 18.7 Å². The molecular weight excluding hydrogens is 387 g/mol. The molecule has 4 rings (SSSR count). The summed E-state index contributed by atoms with van der Waals surface area (Å²) in [5.74, 6) is -0.170. The van der Waals surface area contributed by atoms with E-state index in [0.29, 0.717) is 17.0 Å². The van der Waals surface area contributed by atoms with Crippen molar-refractivity contribution in [2.24, 2.45) is 0 Å². The third-order valence-electron chi connectivity index (χ3n) is 4.82. The van der Waals surface area contributed by atoms with Gasteiger partial charge >= 0.3 is 5.97 Å². The van der Waals surface area contributed by atoms with Crippen LogP contribution in [0.5, 0.6) is 5.75 Å². The number of piperidine rings is 1. The van der Waals surface area contributed by atoms with Gasteiger partial charge in [0.25, 0.3) is 0 Å². The van der Waals surface area contributed by atoms with Crippen molar-refractivity contribution in [3.05, 3.63) is 54.0 Å². The van der Waals surface area contributed by atoms with Gasteiger partial charge in [0.2, 0.25) is 5.95 Å². The Labute approximate surface area is 173 Å². The molecule has 1 saturated heterocycles. The molecule has 156 valence electrons. The van der Waals surface area contributed by atoms with E-state index in [0.717, 1.165) is 37.4 Å². The molecule has 2 heterocycles. The van der Waals surface area contributed by atoms with Gasteiger partial charge in [0, 0.05) is 17.3 Å². The van der Waals surface area contributed by atoms with Gasteiger partial charge in [-0.05, 0) is 57.1 Å². The number of fused-ring (bicyclic) bond motifs is 1. The molecule has 0 radical (unpaired) electrons. The smallest absolute Gasteiger partial charge is 0.338 e. The summed E-state index contributed by atoms with van der Waals surface area (Å²) in [6.45, 7) is 3.77. The van der Waals surface area contributed by atoms with Crippen molar-refractivity contribution in [2.75, 3.05) is 25.0 Å². The average Bonchev–Trinajstić information content (AvgIpc) is 2.75. The maximum Gasteiger partial charge on any atom is 0.338 e. The summed E-state index contributed by atoms with van der Waals surface area (Å²) < 4.78 is 25.1. The number of para-hydroxylation sites is 1. The molecule has 8 heteroatoms. The molecular formula is C22H23FN4O3. The van der Waals surface area contributed by atoms with Crippen LogP contribution < -0.4 is 15.4 Å². The largest absolute Gasteiger partial charge is 0.488 e. The van der Waals surface area contributed by atoms with Crippen molar-refractivity contribution in [2.45, 2.75) is 25.9 Å². The maximum atomic E-state index is 14.0. The van der Waals surface area contributed by atoms with Gasteiger partial charge in [0.05, 0.1) is 12.2 Å². The van der Waals surface area contributed by atoms with Crippen LogP contribution in [0.15, 0.2) is 42.6 Å². The summed E-state index contributed by atoms with van der Waals surface area (Å²) in [7, 11) is 0. The molecule has 1 aliphatic rings. The van der Waals surface area contributed by atoms with Gasteiger partial charge in [0.1, 0.15) is 23.2 Å². The van der Waals surface area contributed by atoms with E-state index in [1.165, 1.54) is 12.1 Å². The molecule has 0 unspecified atom stereocenters. The summed E-state index contributed by atoms with van der Waals surface area (Å²) in [6.07, 6.45) is 3.70. The van der Waals surface area contributed by atoms with Crippen LogP contribution in [0.1, 0.15) is 30.1 Å². The number of carbonyl (C=O) groups is 1. The van der Waals surface area contributed by atoms with Crippen LogP contribution in [0, 0.1) is 5.82 Å². The van der Waals surface area contributed by atoms with Gasteiger partial charge in [-0.25, -0.2) is 19.2 Å². The third-order valence-corrected chi connectivity index (χ3v) is 4.82. The maximum absolute atomic E-state index is 14.0. The highest BCUT2D eigenvalue weighted by Gasteiger charge is 2.17. The Bertz CT molecular complexity index is 1050. The lowest BCUT2D eigenvalue weighted by Gasteiger charge is -2.24. The second kappa shape index (κ2) is 9.04. The fraction of sp³-hybridized carbons (Fsp3) is 0.318. The SMILES string of the molecule is CCOC(=O)c1cc(F)cc(Nc2ncc3cccc(OC4CCNCC4)c3n2)c1. The molecule has 0 amide bonds. The number of rotatable bonds is 6. The van der Waals surface area contributed by atoms with E-state index in [1.807, 2.05) is 18.2 Å². The second-order valence-corrected chi connectivity index (χ2v) is 7.03. The second-order valence-electron chi connectivity index (χ2n) is 7.03. The van der Waals surface area contributed by atoms with Gasteiger partial charge in [-0.2, -0.15) is 0 Å². The summed E-state index contributed by atoms with van der Waals surface area (Å²) in [5, 5.41) is 7.14. The van der Waals surface area contributed by atoms with Crippen molar-refractivity contribution in [3.63, 3.8) is 0 Å². The van der Waals surface area contributed by atoms with Crippen LogP contribution >= 0.6 is 0 Å². The topological polar surface area (TPSA) is 85.4 Å². The number of anilines is 2. The molecule has 1 aromatic heterocycles. The highest BCUT2D eigenvalue weighted by atomic mass is 19.1. The van der Waals surface area contributed by atoms with Crippen LogP contribution in [-0.2, 0) is 4.74 Å². The molecule has 1 aliphatic heterocycles. The van der Waals surface area contributed by atoms with E-state index in [2.05, 4.69) is 20.6 Å². The van der Waals surface area contributed by atoms with Crippen molar-refractivity contribution in [1.82, 2.24) is 15.3 Å². The first-order valence-corrected chi connectivity index (χ1v) is 10.0. The molecule has 3 aromatic rings. The Hall–Kier alpha value is -3.26. The fourth-order valence-corrected chi connectivity index (χ4v) is 3.40. The summed E-state index contributed by atoms with van der Waals surface area (Å²) in [6, 6.07) is 9.63. The van der Waals surface area contributed by atoms with Gasteiger partial charge in [-0.1, -0.05) is 12.1 Å². The summed E-state index contributed by atoms with van der Waals surface area (Å²) in [4.78, 5) is 20.8. The minimum absolute atomic E-state index is 0.120. The Morgan fingerprint density at radius 3 is 2.90 bits per heavy atom. The number of esters is 1. The lowest BCUT2D eigenvalue weighted by molar-refractivity contribution is 0.0526. The highest BCUT2D eigenvalue weighted by molar-refractivity contribution is 5.91. The van der Waals surface area contributed by atoms with Crippen molar-refractivity contribution in [1.29, 1.82) is 0 Å². The van der Waals surface area contributed by atoms with Crippen molar-refractivity contribution in [3.8, 4) is 5.75 Å². The Kier molecular flexibility index (Phi) is 6.04. The number of hydrogen-bond donors (Lipinski definition) is 2. The van der Waals surface area contributed by atoms with E-state index < -0.39 is 11.8 Å². The van der Waals surface area contributed by atoms with Gasteiger partial charge in [0.15, 0.2) is 0 Å². The predicted octanol–water partition coefficient (Wildman–Crippen LogP) is 3.82. The molecule has 0 bridgehead atoms. The van der Waals surface area contributed by atoms with Crippen LogP contribution in [0.3, 0.4) is 0 Å². The monoisotopic (exact) mass is 410 g/mol. The lowest BCUT2D eigenvalue weighted by Crippen LogP contribution is -2.34. The molecule has 0 spiro atoms. The average molecular weight is 410 g/mol. The number of aromatic nitrogens is 2. The molecule has 1 fully saturated rings. The molecule has 0 saturated carbocycles. The molecule has 7 nitrogen and oxygen atoms in total. The zero-order valence-electron chi connectivity index (χ0n) is 16.7. The van der Waals surface area contributed by atoms with Crippen LogP contribution in [0.2, 0.25) is 0 Å². The van der Waals surface area contributed by atoms with E-state index in [1.54, 1.807) is 13.1 Å². The van der Waals surface area contributed by atoms with E-state index >= 15 is 0 Å². The summed E-state index contributed by atoms with van der Waals surface area (Å²) >= 11 is 0. The number of ether oxygens (including phenoxy) is 2. The number of hydrogen-bond acceptors (Lipinski definition) is 7. The van der Waals surface area contributed by atoms with Crippen LogP contribution in [0.25, 0.3) is 10.9 Å². The zero-order valence-corrected chi connectivity index (χ0v) is 16.7. The Balaban J connectivity index is 1.60. The van der Waals surface area contributed by atoms with Crippen LogP contribution in [-0.4, -0.2) is 41.7 Å². The first kappa shape index (κ1) is 20.0. The minimum atomic E-state index is -0.586. The standard InChI is InChI=1S/C22H23FN4O3/c1-2-29-21(28)15-10-16(23)12-17(11-15)26-22-25-13-14-4-3-5-19(20(14)27-22)30-18-6-8-24-9-7-18/h3-5,10-13,18,24H,2,6-9H2,1H3,(H,25,26,27). The van der Waals surface area contributed by atoms with Crippen LogP contribution in [0.4, 0.5) is 16.0 Å². The van der Waals surface area contributed by atoms with E-state index in [9.17, 15) is 9.18 Å². The molecule has 2 N–H and O–H groups in total. The van der Waals surface area contributed by atoms with E-state index in [-0.39, 0.29) is 24.2 Å². The van der Waals surface area contributed by atoms with E-state index in [4.69, 9.17) is 9.47 Å².